The van der Waals surface area contributed by atoms with Crippen molar-refractivity contribution in [3.63, 3.8) is 0 Å². The Morgan fingerprint density at radius 3 is 1.87 bits per heavy atom. The van der Waals surface area contributed by atoms with E-state index in [9.17, 15) is 9.59 Å². The zero-order chi connectivity index (χ0) is 21.9. The minimum absolute atomic E-state index is 0.272. The Balaban J connectivity index is 1.89. The van der Waals surface area contributed by atoms with Crippen LogP contribution in [0, 0.1) is 0 Å². The molecule has 30 heavy (non-hydrogen) atoms. The number of unbranched alkanes of at least 4 members (excludes halogenated alkanes) is 13. The number of nitrogens with one attached hydrogen (secondary N) is 1. The van der Waals surface area contributed by atoms with Crippen molar-refractivity contribution in [3.05, 3.63) is 30.1 Å². The predicted molar refractivity (Wildman–Crippen MR) is 124 cm³/mol. The lowest BCUT2D eigenvalue weighted by atomic mass is 10.0. The van der Waals surface area contributed by atoms with Gasteiger partial charge in [0, 0.05) is 31.5 Å². The van der Waals surface area contributed by atoms with Gasteiger partial charge < -0.3 is 5.32 Å². The molecule has 0 aliphatic rings. The van der Waals surface area contributed by atoms with Crippen molar-refractivity contribution in [2.24, 2.45) is 7.05 Å². The second-order valence-electron chi connectivity index (χ2n) is 8.58. The summed E-state index contributed by atoms with van der Waals surface area (Å²) in [5, 5.41) is 2.76. The third-order valence-electron chi connectivity index (χ3n) is 5.84. The van der Waals surface area contributed by atoms with Crippen LogP contribution in [0.5, 0.6) is 0 Å². The minimum atomic E-state index is -0.428. The summed E-state index contributed by atoms with van der Waals surface area (Å²) >= 11 is 0. The molecular formula is C26H45N2O2+. The van der Waals surface area contributed by atoms with Gasteiger partial charge in [0.25, 0.3) is 5.91 Å². The molecule has 4 nitrogen and oxygen atoms in total. The van der Waals surface area contributed by atoms with Gasteiger partial charge in [-0.1, -0.05) is 96.5 Å². The third-order valence-corrected chi connectivity index (χ3v) is 5.84. The second-order valence-corrected chi connectivity index (χ2v) is 8.58. The first-order valence-corrected chi connectivity index (χ1v) is 12.4. The number of carbonyl (C=O) groups excluding carboxylic acids is 2. The quantitative estimate of drug-likeness (QED) is 0.181. The first-order chi connectivity index (χ1) is 14.6. The van der Waals surface area contributed by atoms with Crippen molar-refractivity contribution in [2.75, 3.05) is 6.54 Å². The standard InChI is InChI=1S/C26H44N2O2/c1-3-4-5-6-7-8-9-10-11-12-13-14-15-16-20-25(29)26(30)27-22-21-24-19-17-18-23-28(24)2/h17-19,23H,3-16,20-22H2,1-2H3/p+1. The summed E-state index contributed by atoms with van der Waals surface area (Å²) in [5.41, 5.74) is 1.14. The normalized spacial score (nSPS) is 10.9. The Labute approximate surface area is 184 Å². The molecule has 1 N–H and O–H groups in total. The van der Waals surface area contributed by atoms with Crippen LogP contribution >= 0.6 is 0 Å². The van der Waals surface area contributed by atoms with E-state index < -0.39 is 5.91 Å². The molecule has 0 aromatic carbocycles. The summed E-state index contributed by atoms with van der Waals surface area (Å²) < 4.78 is 2.03. The van der Waals surface area contributed by atoms with Gasteiger partial charge in [-0.25, -0.2) is 4.57 Å². The molecule has 0 unspecified atom stereocenters. The highest BCUT2D eigenvalue weighted by atomic mass is 16.2. The van der Waals surface area contributed by atoms with Crippen molar-refractivity contribution in [1.82, 2.24) is 5.32 Å². The molecule has 1 rings (SSSR count). The average Bonchev–Trinajstić information content (AvgIpc) is 2.75. The number of hydrogen-bond acceptors (Lipinski definition) is 2. The fourth-order valence-corrected chi connectivity index (χ4v) is 3.81. The van der Waals surface area contributed by atoms with Crippen LogP contribution in [-0.2, 0) is 23.1 Å². The number of aromatic nitrogens is 1. The predicted octanol–water partition coefficient (Wildman–Crippen LogP) is 5.61. The number of hydrogen-bond donors (Lipinski definition) is 1. The topological polar surface area (TPSA) is 50.1 Å². The van der Waals surface area contributed by atoms with Crippen LogP contribution in [0.1, 0.15) is 109 Å². The van der Waals surface area contributed by atoms with Crippen molar-refractivity contribution >= 4 is 11.7 Å². The molecule has 0 bridgehead atoms. The molecule has 0 saturated carbocycles. The summed E-state index contributed by atoms with van der Waals surface area (Å²) in [6.45, 7) is 2.77. The Bertz CT molecular complexity index is 586. The van der Waals surface area contributed by atoms with E-state index in [1.54, 1.807) is 0 Å². The maximum absolute atomic E-state index is 12.0. The Morgan fingerprint density at radius 2 is 1.33 bits per heavy atom. The summed E-state index contributed by atoms with van der Waals surface area (Å²) in [5.74, 6) is -0.699. The van der Waals surface area contributed by atoms with Gasteiger partial charge >= 0.3 is 0 Å². The van der Waals surface area contributed by atoms with E-state index in [4.69, 9.17) is 0 Å². The molecule has 0 spiro atoms. The molecule has 0 aliphatic heterocycles. The van der Waals surface area contributed by atoms with E-state index >= 15 is 0 Å². The zero-order valence-electron chi connectivity index (χ0n) is 19.6. The number of ketones is 1. The molecule has 0 fully saturated rings. The van der Waals surface area contributed by atoms with E-state index in [2.05, 4.69) is 12.2 Å². The Morgan fingerprint density at radius 1 is 0.800 bits per heavy atom. The zero-order valence-corrected chi connectivity index (χ0v) is 19.6. The SMILES string of the molecule is CCCCCCCCCCCCCCCCC(=O)C(=O)NCCc1cccc[n+]1C. The number of Topliss-reactive ketones (excluding diaryl/α,β-unsaturated/α-hetero) is 1. The number of nitrogens with zero attached hydrogens (tertiary/aromatic N) is 1. The van der Waals surface area contributed by atoms with E-state index in [1.807, 2.05) is 36.0 Å². The maximum Gasteiger partial charge on any atom is 0.287 e. The smallest absolute Gasteiger partial charge is 0.287 e. The molecule has 4 heteroatoms. The fraction of sp³-hybridized carbons (Fsp3) is 0.731. The highest BCUT2D eigenvalue weighted by Gasteiger charge is 2.13. The lowest BCUT2D eigenvalue weighted by molar-refractivity contribution is -0.679. The number of rotatable bonds is 19. The van der Waals surface area contributed by atoms with Crippen molar-refractivity contribution in [3.8, 4) is 0 Å². The maximum atomic E-state index is 12.0. The molecule has 0 radical (unpaired) electrons. The second kappa shape index (κ2) is 18.1. The number of amides is 1. The Kier molecular flexibility index (Phi) is 15.9. The molecule has 1 amide bonds. The van der Waals surface area contributed by atoms with Gasteiger partial charge in [0.05, 0.1) is 0 Å². The monoisotopic (exact) mass is 417 g/mol. The molecule has 0 aliphatic carbocycles. The van der Waals surface area contributed by atoms with Crippen molar-refractivity contribution in [1.29, 1.82) is 0 Å². The number of pyridine rings is 1. The van der Waals surface area contributed by atoms with E-state index in [1.165, 1.54) is 77.0 Å². The lowest BCUT2D eigenvalue weighted by Crippen LogP contribution is -2.37. The van der Waals surface area contributed by atoms with Crippen LogP contribution in [-0.4, -0.2) is 18.2 Å². The first kappa shape index (κ1) is 26.3. The first-order valence-electron chi connectivity index (χ1n) is 12.4. The van der Waals surface area contributed by atoms with Crippen LogP contribution < -0.4 is 9.88 Å². The van der Waals surface area contributed by atoms with Gasteiger partial charge in [0.1, 0.15) is 7.05 Å². The summed E-state index contributed by atoms with van der Waals surface area (Å²) in [7, 11) is 1.98. The molecule has 0 saturated heterocycles. The van der Waals surface area contributed by atoms with Crippen molar-refractivity contribution in [2.45, 2.75) is 110 Å². The average molecular weight is 418 g/mol. The third kappa shape index (κ3) is 13.5. The largest absolute Gasteiger partial charge is 0.349 e. The van der Waals surface area contributed by atoms with Gasteiger partial charge in [0.15, 0.2) is 11.9 Å². The number of aryl methyl sites for hydroxylation is 1. The molecule has 1 aromatic heterocycles. The summed E-state index contributed by atoms with van der Waals surface area (Å²) in [4.78, 5) is 23.9. The fourth-order valence-electron chi connectivity index (χ4n) is 3.81. The van der Waals surface area contributed by atoms with Gasteiger partial charge in [-0.05, 0) is 6.42 Å². The molecule has 0 atom stereocenters. The lowest BCUT2D eigenvalue weighted by Gasteiger charge is -2.05. The van der Waals surface area contributed by atoms with Crippen LogP contribution in [0.15, 0.2) is 24.4 Å². The van der Waals surface area contributed by atoms with E-state index in [0.717, 1.165) is 25.0 Å². The van der Waals surface area contributed by atoms with Gasteiger partial charge in [-0.15, -0.1) is 0 Å². The van der Waals surface area contributed by atoms with Gasteiger partial charge in [-0.2, -0.15) is 0 Å². The minimum Gasteiger partial charge on any atom is -0.349 e. The molecular weight excluding hydrogens is 372 g/mol. The van der Waals surface area contributed by atoms with Gasteiger partial charge in [0.2, 0.25) is 5.78 Å². The molecule has 1 aromatic rings. The van der Waals surface area contributed by atoms with Crippen LogP contribution in [0.25, 0.3) is 0 Å². The van der Waals surface area contributed by atoms with Crippen LogP contribution in [0.2, 0.25) is 0 Å². The summed E-state index contributed by atoms with van der Waals surface area (Å²) in [6, 6.07) is 5.99. The highest BCUT2D eigenvalue weighted by Crippen LogP contribution is 2.13. The molecule has 170 valence electrons. The highest BCUT2D eigenvalue weighted by molar-refractivity contribution is 6.36. The Hall–Kier alpha value is -1.71. The summed E-state index contributed by atoms with van der Waals surface area (Å²) in [6.07, 6.45) is 21.2. The van der Waals surface area contributed by atoms with Crippen LogP contribution in [0.3, 0.4) is 0 Å². The van der Waals surface area contributed by atoms with E-state index in [-0.39, 0.29) is 5.78 Å². The number of carbonyl (C=O) groups is 2. The van der Waals surface area contributed by atoms with Crippen molar-refractivity contribution < 1.29 is 14.2 Å². The molecule has 1 heterocycles. The van der Waals surface area contributed by atoms with Crippen LogP contribution in [0.4, 0.5) is 0 Å². The van der Waals surface area contributed by atoms with E-state index in [0.29, 0.717) is 13.0 Å². The van der Waals surface area contributed by atoms with Gasteiger partial charge in [-0.3, -0.25) is 9.59 Å².